The van der Waals surface area contributed by atoms with Gasteiger partial charge in [0.1, 0.15) is 18.3 Å². The smallest absolute Gasteiger partial charge is 0.162 e. The minimum atomic E-state index is -1.23. The molecule has 96 valence electrons. The summed E-state index contributed by atoms with van der Waals surface area (Å²) >= 11 is 0. The number of aliphatic hydroxyl groups is 3. The van der Waals surface area contributed by atoms with E-state index in [1.54, 1.807) is 6.92 Å². The van der Waals surface area contributed by atoms with Crippen molar-refractivity contribution in [1.29, 1.82) is 0 Å². The molecule has 6 nitrogen and oxygen atoms in total. The maximum atomic E-state index is 9.82. The molecule has 16 heavy (non-hydrogen) atoms. The molecule has 1 fully saturated rings. The Morgan fingerprint density at radius 2 is 1.69 bits per heavy atom. The third kappa shape index (κ3) is 2.53. The van der Waals surface area contributed by atoms with Gasteiger partial charge in [-0.1, -0.05) is 0 Å². The van der Waals surface area contributed by atoms with Gasteiger partial charge >= 0.3 is 0 Å². The summed E-state index contributed by atoms with van der Waals surface area (Å²) in [7, 11) is 1.47. The SMILES string of the molecule is CON(C(C)C)[C@@H]1OC(C)[C@H](O)C(O)C1O. The van der Waals surface area contributed by atoms with Crippen molar-refractivity contribution in [2.24, 2.45) is 0 Å². The highest BCUT2D eigenvalue weighted by molar-refractivity contribution is 4.89. The Kier molecular flexibility index (Phi) is 4.66. The zero-order chi connectivity index (χ0) is 12.5. The molecule has 3 unspecified atom stereocenters. The zero-order valence-corrected chi connectivity index (χ0v) is 10.1. The highest BCUT2D eigenvalue weighted by Gasteiger charge is 2.45. The van der Waals surface area contributed by atoms with E-state index >= 15 is 0 Å². The predicted octanol–water partition coefficient (Wildman–Crippen LogP) is -0.914. The summed E-state index contributed by atoms with van der Waals surface area (Å²) in [6, 6.07) is -0.0145. The van der Waals surface area contributed by atoms with E-state index in [4.69, 9.17) is 9.57 Å². The summed E-state index contributed by atoms with van der Waals surface area (Å²) in [5.74, 6) is 0. The number of aliphatic hydroxyl groups excluding tert-OH is 3. The Labute approximate surface area is 95.3 Å². The number of hydroxylamine groups is 2. The average molecular weight is 235 g/mol. The summed E-state index contributed by atoms with van der Waals surface area (Å²) in [6.45, 7) is 5.39. The van der Waals surface area contributed by atoms with Crippen molar-refractivity contribution in [3.05, 3.63) is 0 Å². The highest BCUT2D eigenvalue weighted by atomic mass is 16.7. The van der Waals surface area contributed by atoms with E-state index in [-0.39, 0.29) is 6.04 Å². The molecule has 0 aliphatic carbocycles. The number of hydrogen-bond acceptors (Lipinski definition) is 6. The Morgan fingerprint density at radius 1 is 1.12 bits per heavy atom. The fourth-order valence-electron chi connectivity index (χ4n) is 1.85. The van der Waals surface area contributed by atoms with Crippen LogP contribution in [0.1, 0.15) is 20.8 Å². The fraction of sp³-hybridized carbons (Fsp3) is 1.00. The minimum absolute atomic E-state index is 0.0145. The molecule has 1 heterocycles. The summed E-state index contributed by atoms with van der Waals surface area (Å²) in [4.78, 5) is 5.11. The molecule has 0 saturated carbocycles. The van der Waals surface area contributed by atoms with Gasteiger partial charge in [-0.3, -0.25) is 4.84 Å². The predicted molar refractivity (Wildman–Crippen MR) is 56.3 cm³/mol. The van der Waals surface area contributed by atoms with Crippen LogP contribution in [0.15, 0.2) is 0 Å². The Hall–Kier alpha value is -0.240. The first kappa shape index (κ1) is 13.8. The van der Waals surface area contributed by atoms with Crippen LogP contribution in [0.4, 0.5) is 0 Å². The molecule has 0 amide bonds. The molecule has 0 aromatic rings. The summed E-state index contributed by atoms with van der Waals surface area (Å²) in [5, 5.41) is 30.5. The maximum absolute atomic E-state index is 9.82. The van der Waals surface area contributed by atoms with Gasteiger partial charge in [0.2, 0.25) is 0 Å². The van der Waals surface area contributed by atoms with Gasteiger partial charge in [0.05, 0.1) is 13.2 Å². The number of ether oxygens (including phenoxy) is 1. The van der Waals surface area contributed by atoms with Crippen molar-refractivity contribution < 1.29 is 24.9 Å². The lowest BCUT2D eigenvalue weighted by Gasteiger charge is -2.44. The van der Waals surface area contributed by atoms with E-state index in [0.29, 0.717) is 0 Å². The van der Waals surface area contributed by atoms with Crippen molar-refractivity contribution in [2.75, 3.05) is 7.11 Å². The summed E-state index contributed by atoms with van der Waals surface area (Å²) in [6.07, 6.45) is -4.85. The first-order chi connectivity index (χ1) is 7.40. The number of rotatable bonds is 3. The molecule has 5 atom stereocenters. The molecular formula is C10H21NO5. The number of hydrogen-bond donors (Lipinski definition) is 3. The standard InChI is InChI=1S/C10H21NO5/c1-5(2)11(15-4)10-9(14)8(13)7(12)6(3)16-10/h5-10,12-14H,1-4H3/t6?,7-,8?,9?,10+/m0/s1. The molecule has 0 bridgehead atoms. The van der Waals surface area contributed by atoms with Crippen LogP contribution >= 0.6 is 0 Å². The van der Waals surface area contributed by atoms with E-state index in [9.17, 15) is 15.3 Å². The van der Waals surface area contributed by atoms with E-state index in [2.05, 4.69) is 0 Å². The molecule has 0 spiro atoms. The van der Waals surface area contributed by atoms with Crippen molar-refractivity contribution in [3.63, 3.8) is 0 Å². The topological polar surface area (TPSA) is 82.4 Å². The van der Waals surface area contributed by atoms with Gasteiger partial charge in [-0.2, -0.15) is 5.06 Å². The second-order valence-corrected chi connectivity index (χ2v) is 4.34. The van der Waals surface area contributed by atoms with Crippen molar-refractivity contribution in [1.82, 2.24) is 5.06 Å². The molecular weight excluding hydrogens is 214 g/mol. The van der Waals surface area contributed by atoms with E-state index < -0.39 is 30.6 Å². The highest BCUT2D eigenvalue weighted by Crippen LogP contribution is 2.24. The summed E-state index contributed by atoms with van der Waals surface area (Å²) in [5.41, 5.74) is 0. The molecule has 3 N–H and O–H groups in total. The van der Waals surface area contributed by atoms with Gasteiger partial charge < -0.3 is 20.1 Å². The monoisotopic (exact) mass is 235 g/mol. The third-order valence-corrected chi connectivity index (χ3v) is 2.80. The quantitative estimate of drug-likeness (QED) is 0.549. The van der Waals surface area contributed by atoms with Gasteiger partial charge in [-0.05, 0) is 20.8 Å². The van der Waals surface area contributed by atoms with Crippen LogP contribution in [0.3, 0.4) is 0 Å². The normalized spacial score (nSPS) is 40.7. The van der Waals surface area contributed by atoms with Crippen LogP contribution in [0.25, 0.3) is 0 Å². The maximum Gasteiger partial charge on any atom is 0.162 e. The van der Waals surface area contributed by atoms with Crippen LogP contribution in [0.5, 0.6) is 0 Å². The molecule has 0 aromatic heterocycles. The molecule has 0 radical (unpaired) electrons. The Morgan fingerprint density at radius 3 is 2.12 bits per heavy atom. The minimum Gasteiger partial charge on any atom is -0.388 e. The summed E-state index contributed by atoms with van der Waals surface area (Å²) < 4.78 is 5.44. The largest absolute Gasteiger partial charge is 0.388 e. The lowest BCUT2D eigenvalue weighted by Crippen LogP contribution is -2.62. The van der Waals surface area contributed by atoms with Crippen LogP contribution in [0, 0.1) is 0 Å². The van der Waals surface area contributed by atoms with Crippen LogP contribution in [-0.2, 0) is 9.57 Å². The van der Waals surface area contributed by atoms with Crippen molar-refractivity contribution in [3.8, 4) is 0 Å². The molecule has 1 rings (SSSR count). The van der Waals surface area contributed by atoms with E-state index in [1.165, 1.54) is 12.2 Å². The lowest BCUT2D eigenvalue weighted by atomic mass is 9.98. The second-order valence-electron chi connectivity index (χ2n) is 4.34. The van der Waals surface area contributed by atoms with E-state index in [0.717, 1.165) is 0 Å². The molecule has 1 aliphatic rings. The Balaban J connectivity index is 2.80. The van der Waals surface area contributed by atoms with Crippen LogP contribution in [-0.4, -0.2) is 64.2 Å². The second kappa shape index (κ2) is 5.39. The molecule has 1 saturated heterocycles. The zero-order valence-electron chi connectivity index (χ0n) is 10.1. The first-order valence-corrected chi connectivity index (χ1v) is 5.42. The van der Waals surface area contributed by atoms with Crippen LogP contribution < -0.4 is 0 Å². The van der Waals surface area contributed by atoms with Crippen molar-refractivity contribution >= 4 is 0 Å². The fourth-order valence-corrected chi connectivity index (χ4v) is 1.85. The van der Waals surface area contributed by atoms with Crippen LogP contribution in [0.2, 0.25) is 0 Å². The van der Waals surface area contributed by atoms with Crippen molar-refractivity contribution in [2.45, 2.75) is 57.5 Å². The molecule has 0 aromatic carbocycles. The number of nitrogens with zero attached hydrogens (tertiary/aromatic N) is 1. The third-order valence-electron chi connectivity index (χ3n) is 2.80. The average Bonchev–Trinajstić information content (AvgIpc) is 2.23. The van der Waals surface area contributed by atoms with E-state index in [1.807, 2.05) is 13.8 Å². The van der Waals surface area contributed by atoms with Gasteiger partial charge in [0, 0.05) is 6.04 Å². The van der Waals surface area contributed by atoms with Gasteiger partial charge in [0.25, 0.3) is 0 Å². The van der Waals surface area contributed by atoms with Gasteiger partial charge in [-0.15, -0.1) is 0 Å². The lowest BCUT2D eigenvalue weighted by molar-refractivity contribution is -0.331. The molecule has 1 aliphatic heterocycles. The van der Waals surface area contributed by atoms with Gasteiger partial charge in [0.15, 0.2) is 6.23 Å². The van der Waals surface area contributed by atoms with Gasteiger partial charge in [-0.25, -0.2) is 0 Å². The Bertz CT molecular complexity index is 225. The first-order valence-electron chi connectivity index (χ1n) is 5.42. The molecule has 6 heteroatoms.